The summed E-state index contributed by atoms with van der Waals surface area (Å²) in [6.45, 7) is 3.42. The summed E-state index contributed by atoms with van der Waals surface area (Å²) >= 11 is 6.03. The molecule has 1 atom stereocenters. The van der Waals surface area contributed by atoms with Crippen LogP contribution in [0.15, 0.2) is 12.1 Å². The quantitative estimate of drug-likeness (QED) is 0.887. The maximum Gasteiger partial charge on any atom is 0.238 e. The predicted molar refractivity (Wildman–Crippen MR) is 78.4 cm³/mol. The Morgan fingerprint density at radius 3 is 2.95 bits per heavy atom. The lowest BCUT2D eigenvalue weighted by molar-refractivity contribution is -0.117. The molecule has 1 heterocycles. The maximum absolute atomic E-state index is 12.0. The van der Waals surface area contributed by atoms with Crippen LogP contribution in [0.4, 0.5) is 5.69 Å². The van der Waals surface area contributed by atoms with Crippen LogP contribution in [0.25, 0.3) is 0 Å². The van der Waals surface area contributed by atoms with Gasteiger partial charge >= 0.3 is 0 Å². The molecular weight excluding hydrogens is 280 g/mol. The number of anilines is 1. The monoisotopic (exact) mass is 298 g/mol. The van der Waals surface area contributed by atoms with Crippen molar-refractivity contribution in [3.05, 3.63) is 22.7 Å². The molecule has 20 heavy (non-hydrogen) atoms. The summed E-state index contributed by atoms with van der Waals surface area (Å²) in [6.07, 6.45) is 0.395. The number of β-amino-alcohol motifs (C(OH)–C–C–N with tert-alkyl or cyclic N) is 1. The zero-order chi connectivity index (χ0) is 14.7. The number of likely N-dealkylation sites (tertiary alicyclic amines) is 1. The smallest absolute Gasteiger partial charge is 0.238 e. The number of carbonyl (C=O) groups is 1. The Morgan fingerprint density at radius 1 is 1.60 bits per heavy atom. The molecular formula is C14H19ClN2O3. The summed E-state index contributed by atoms with van der Waals surface area (Å²) in [4.78, 5) is 13.9. The number of carbonyl (C=O) groups excluding carboxylic acids is 1. The van der Waals surface area contributed by atoms with Crippen molar-refractivity contribution in [2.75, 3.05) is 32.1 Å². The number of aliphatic hydroxyl groups is 1. The van der Waals surface area contributed by atoms with E-state index in [1.54, 1.807) is 12.1 Å². The molecule has 0 saturated carbocycles. The second-order valence-electron chi connectivity index (χ2n) is 5.03. The van der Waals surface area contributed by atoms with Crippen molar-refractivity contribution < 1.29 is 14.6 Å². The summed E-state index contributed by atoms with van der Waals surface area (Å²) in [5, 5.41) is 12.9. The van der Waals surface area contributed by atoms with Gasteiger partial charge in [0.15, 0.2) is 0 Å². The predicted octanol–water partition coefficient (Wildman–Crippen LogP) is 1.66. The zero-order valence-electron chi connectivity index (χ0n) is 11.6. The van der Waals surface area contributed by atoms with E-state index in [2.05, 4.69) is 5.32 Å². The molecule has 1 fully saturated rings. The highest BCUT2D eigenvalue weighted by Gasteiger charge is 2.22. The molecule has 1 aliphatic rings. The van der Waals surface area contributed by atoms with E-state index in [1.807, 2.05) is 11.8 Å². The third-order valence-corrected chi connectivity index (χ3v) is 3.78. The van der Waals surface area contributed by atoms with Gasteiger partial charge in [-0.3, -0.25) is 9.69 Å². The van der Waals surface area contributed by atoms with Gasteiger partial charge in [0.1, 0.15) is 5.75 Å². The molecule has 0 spiro atoms. The van der Waals surface area contributed by atoms with Gasteiger partial charge in [0.2, 0.25) is 5.91 Å². The Morgan fingerprint density at radius 2 is 2.35 bits per heavy atom. The van der Waals surface area contributed by atoms with E-state index in [-0.39, 0.29) is 18.6 Å². The van der Waals surface area contributed by atoms with Gasteiger partial charge in [0.25, 0.3) is 0 Å². The Kier molecular flexibility index (Phi) is 4.86. The lowest BCUT2D eigenvalue weighted by Gasteiger charge is -2.16. The van der Waals surface area contributed by atoms with Crippen molar-refractivity contribution in [1.29, 1.82) is 0 Å². The zero-order valence-corrected chi connectivity index (χ0v) is 12.4. The molecule has 0 radical (unpaired) electrons. The summed E-state index contributed by atoms with van der Waals surface area (Å²) < 4.78 is 5.22. The van der Waals surface area contributed by atoms with Gasteiger partial charge in [0.05, 0.1) is 25.4 Å². The number of benzene rings is 1. The van der Waals surface area contributed by atoms with Crippen LogP contribution in [-0.2, 0) is 4.79 Å². The number of methoxy groups -OCH3 is 1. The van der Waals surface area contributed by atoms with Crippen molar-refractivity contribution in [2.24, 2.45) is 0 Å². The molecule has 0 aromatic heterocycles. The first kappa shape index (κ1) is 15.1. The van der Waals surface area contributed by atoms with E-state index in [0.29, 0.717) is 23.0 Å². The molecule has 2 rings (SSSR count). The lowest BCUT2D eigenvalue weighted by atomic mass is 10.2. The number of hydrogen-bond donors (Lipinski definition) is 2. The van der Waals surface area contributed by atoms with Gasteiger partial charge in [0, 0.05) is 24.2 Å². The van der Waals surface area contributed by atoms with Gasteiger partial charge in [-0.2, -0.15) is 0 Å². The highest BCUT2D eigenvalue weighted by molar-refractivity contribution is 6.31. The van der Waals surface area contributed by atoms with Crippen molar-refractivity contribution in [2.45, 2.75) is 19.4 Å². The van der Waals surface area contributed by atoms with Crippen molar-refractivity contribution >= 4 is 23.2 Å². The highest BCUT2D eigenvalue weighted by Crippen LogP contribution is 2.30. The standard InChI is InChI=1S/C14H19ClN2O3/c1-9-5-12(13(20-2)6-11(9)15)16-14(19)8-17-4-3-10(18)7-17/h5-6,10,18H,3-4,7-8H2,1-2H3,(H,16,19)/t10-/m0/s1. The third kappa shape index (κ3) is 3.62. The molecule has 0 aliphatic carbocycles. The molecule has 6 heteroatoms. The number of rotatable bonds is 4. The molecule has 0 unspecified atom stereocenters. The first-order chi connectivity index (χ1) is 9.49. The number of hydrogen-bond acceptors (Lipinski definition) is 4. The van der Waals surface area contributed by atoms with Crippen LogP contribution in [0.5, 0.6) is 5.75 Å². The van der Waals surface area contributed by atoms with Crippen molar-refractivity contribution in [3.63, 3.8) is 0 Å². The highest BCUT2D eigenvalue weighted by atomic mass is 35.5. The minimum atomic E-state index is -0.324. The Hall–Kier alpha value is -1.30. The number of aliphatic hydroxyl groups excluding tert-OH is 1. The number of amides is 1. The first-order valence-electron chi connectivity index (χ1n) is 6.54. The summed E-state index contributed by atoms with van der Waals surface area (Å²) in [7, 11) is 1.54. The normalized spacial score (nSPS) is 19.1. The van der Waals surface area contributed by atoms with Crippen LogP contribution in [-0.4, -0.2) is 48.8 Å². The van der Waals surface area contributed by atoms with Gasteiger partial charge in [-0.25, -0.2) is 0 Å². The van der Waals surface area contributed by atoms with Crippen LogP contribution < -0.4 is 10.1 Å². The molecule has 1 aliphatic heterocycles. The molecule has 1 aromatic carbocycles. The number of nitrogens with zero attached hydrogens (tertiary/aromatic N) is 1. The van der Waals surface area contributed by atoms with E-state index in [1.165, 1.54) is 7.11 Å². The summed E-state index contributed by atoms with van der Waals surface area (Å²) in [6, 6.07) is 3.48. The van der Waals surface area contributed by atoms with Gasteiger partial charge < -0.3 is 15.2 Å². The fourth-order valence-corrected chi connectivity index (χ4v) is 2.43. The maximum atomic E-state index is 12.0. The van der Waals surface area contributed by atoms with Crippen LogP contribution in [0.2, 0.25) is 5.02 Å². The van der Waals surface area contributed by atoms with E-state index >= 15 is 0 Å². The molecule has 1 aromatic rings. The van der Waals surface area contributed by atoms with Crippen LogP contribution in [0.1, 0.15) is 12.0 Å². The van der Waals surface area contributed by atoms with E-state index in [4.69, 9.17) is 16.3 Å². The number of aryl methyl sites for hydroxylation is 1. The second-order valence-corrected chi connectivity index (χ2v) is 5.43. The SMILES string of the molecule is COc1cc(Cl)c(C)cc1NC(=O)CN1CC[C@H](O)C1. The second kappa shape index (κ2) is 6.43. The summed E-state index contributed by atoms with van der Waals surface area (Å²) in [5.41, 5.74) is 1.48. The van der Waals surface area contributed by atoms with E-state index < -0.39 is 0 Å². The Balaban J connectivity index is 2.02. The first-order valence-corrected chi connectivity index (χ1v) is 6.92. The Bertz CT molecular complexity index is 507. The minimum absolute atomic E-state index is 0.126. The summed E-state index contributed by atoms with van der Waals surface area (Å²) in [5.74, 6) is 0.412. The van der Waals surface area contributed by atoms with E-state index in [9.17, 15) is 9.90 Å². The van der Waals surface area contributed by atoms with Gasteiger partial charge in [-0.15, -0.1) is 0 Å². The fourth-order valence-electron chi connectivity index (χ4n) is 2.28. The molecule has 2 N–H and O–H groups in total. The van der Waals surface area contributed by atoms with Crippen molar-refractivity contribution in [1.82, 2.24) is 4.90 Å². The van der Waals surface area contributed by atoms with Crippen LogP contribution in [0.3, 0.4) is 0 Å². The van der Waals surface area contributed by atoms with Gasteiger partial charge in [-0.05, 0) is 25.0 Å². The third-order valence-electron chi connectivity index (χ3n) is 3.37. The molecule has 1 amide bonds. The molecule has 5 nitrogen and oxygen atoms in total. The number of halogens is 1. The van der Waals surface area contributed by atoms with Crippen LogP contribution >= 0.6 is 11.6 Å². The van der Waals surface area contributed by atoms with Gasteiger partial charge in [-0.1, -0.05) is 11.6 Å². The lowest BCUT2D eigenvalue weighted by Crippen LogP contribution is -2.32. The molecule has 0 bridgehead atoms. The number of ether oxygens (including phenoxy) is 1. The topological polar surface area (TPSA) is 61.8 Å². The average molecular weight is 299 g/mol. The molecule has 110 valence electrons. The van der Waals surface area contributed by atoms with Crippen molar-refractivity contribution in [3.8, 4) is 5.75 Å². The largest absolute Gasteiger partial charge is 0.495 e. The minimum Gasteiger partial charge on any atom is -0.495 e. The fraction of sp³-hybridized carbons (Fsp3) is 0.500. The van der Waals surface area contributed by atoms with E-state index in [0.717, 1.165) is 18.5 Å². The molecule has 1 saturated heterocycles. The van der Waals surface area contributed by atoms with Crippen LogP contribution in [0, 0.1) is 6.92 Å². The Labute approximate surface area is 123 Å². The average Bonchev–Trinajstić information content (AvgIpc) is 2.78. The number of nitrogens with one attached hydrogen (secondary N) is 1.